The maximum Gasteiger partial charge on any atom is 0.223 e. The summed E-state index contributed by atoms with van der Waals surface area (Å²) in [4.78, 5) is 8.52. The lowest BCUT2D eigenvalue weighted by molar-refractivity contribution is -0.0956. The Morgan fingerprint density at radius 2 is 1.40 bits per heavy atom. The van der Waals surface area contributed by atoms with Crippen LogP contribution >= 0.6 is 27.5 Å². The fourth-order valence-electron chi connectivity index (χ4n) is 2.17. The van der Waals surface area contributed by atoms with Gasteiger partial charge in [-0.3, -0.25) is 0 Å². The van der Waals surface area contributed by atoms with E-state index in [1.165, 1.54) is 0 Å². The van der Waals surface area contributed by atoms with Crippen molar-refractivity contribution >= 4 is 27.5 Å². The quantitative estimate of drug-likeness (QED) is 0.748. The molecule has 0 spiro atoms. The van der Waals surface area contributed by atoms with Crippen molar-refractivity contribution in [1.82, 2.24) is 9.97 Å². The number of hydrogen-bond acceptors (Lipinski definition) is 6. The van der Waals surface area contributed by atoms with E-state index in [1.807, 2.05) is 0 Å². The molecule has 0 radical (unpaired) electrons. The van der Waals surface area contributed by atoms with Crippen LogP contribution in [-0.2, 0) is 18.9 Å². The van der Waals surface area contributed by atoms with Crippen LogP contribution in [0.4, 0.5) is 0 Å². The summed E-state index contributed by atoms with van der Waals surface area (Å²) in [6.07, 6.45) is -0.497. The van der Waals surface area contributed by atoms with Crippen LogP contribution in [-0.4, -0.2) is 49.6 Å². The molecule has 2 aliphatic rings. The molecule has 0 saturated carbocycles. The highest BCUT2D eigenvalue weighted by atomic mass is 79.9. The van der Waals surface area contributed by atoms with Gasteiger partial charge in [0, 0.05) is 0 Å². The fourth-order valence-corrected chi connectivity index (χ4v) is 3.04. The Labute approximate surface area is 129 Å². The number of hydrogen-bond donors (Lipinski definition) is 0. The monoisotopic (exact) mass is 364 g/mol. The summed E-state index contributed by atoms with van der Waals surface area (Å²) in [6.45, 7) is 3.17. The van der Waals surface area contributed by atoms with E-state index in [1.54, 1.807) is 0 Å². The number of nitrogens with zero attached hydrogens (tertiary/aromatic N) is 2. The molecule has 2 fully saturated rings. The van der Waals surface area contributed by atoms with Crippen LogP contribution in [0.5, 0.6) is 0 Å². The Balaban J connectivity index is 1.91. The fraction of sp³-hybridized carbons (Fsp3) is 0.667. The van der Waals surface area contributed by atoms with Gasteiger partial charge in [0.15, 0.2) is 0 Å². The van der Waals surface area contributed by atoms with Crippen molar-refractivity contribution in [1.29, 1.82) is 0 Å². The maximum atomic E-state index is 6.02. The Morgan fingerprint density at radius 1 is 0.900 bits per heavy atom. The molecule has 2 saturated heterocycles. The summed E-state index contributed by atoms with van der Waals surface area (Å²) >= 11 is 9.56. The molecule has 0 bridgehead atoms. The first-order valence-corrected chi connectivity index (χ1v) is 7.54. The van der Waals surface area contributed by atoms with Gasteiger partial charge in [0.1, 0.15) is 12.2 Å². The highest BCUT2D eigenvalue weighted by molar-refractivity contribution is 9.10. The molecule has 20 heavy (non-hydrogen) atoms. The van der Waals surface area contributed by atoms with Gasteiger partial charge >= 0.3 is 0 Å². The van der Waals surface area contributed by atoms with Crippen molar-refractivity contribution in [3.63, 3.8) is 0 Å². The van der Waals surface area contributed by atoms with Crippen LogP contribution in [0.1, 0.15) is 23.6 Å². The van der Waals surface area contributed by atoms with Crippen molar-refractivity contribution in [2.45, 2.75) is 12.2 Å². The average Bonchev–Trinajstić information content (AvgIpc) is 2.51. The van der Waals surface area contributed by atoms with E-state index in [-0.39, 0.29) is 17.5 Å². The van der Waals surface area contributed by atoms with Crippen LogP contribution in [0.3, 0.4) is 0 Å². The summed E-state index contributed by atoms with van der Waals surface area (Å²) in [7, 11) is 0. The summed E-state index contributed by atoms with van der Waals surface area (Å²) in [5.74, 6) is 0. The van der Waals surface area contributed by atoms with Gasteiger partial charge in [0.2, 0.25) is 5.28 Å². The molecule has 0 amide bonds. The number of aromatic nitrogens is 2. The molecule has 8 heteroatoms. The molecule has 110 valence electrons. The Kier molecular flexibility index (Phi) is 4.85. The van der Waals surface area contributed by atoms with Gasteiger partial charge in [-0.25, -0.2) is 9.97 Å². The standard InChI is InChI=1S/C12H14BrClN2O4/c13-9-10(7-5-17-1-3-19-7)15-12(14)16-11(9)8-6-18-2-4-20-8/h7-8H,1-6H2. The van der Waals surface area contributed by atoms with E-state index >= 15 is 0 Å². The lowest BCUT2D eigenvalue weighted by atomic mass is 10.1. The van der Waals surface area contributed by atoms with Gasteiger partial charge in [-0.15, -0.1) is 0 Å². The van der Waals surface area contributed by atoms with E-state index in [9.17, 15) is 0 Å². The first-order valence-electron chi connectivity index (χ1n) is 6.37. The minimum absolute atomic E-state index is 0.168. The molecule has 0 aromatic carbocycles. The molecule has 6 nitrogen and oxygen atoms in total. The van der Waals surface area contributed by atoms with Crippen LogP contribution < -0.4 is 0 Å². The van der Waals surface area contributed by atoms with Crippen molar-refractivity contribution in [3.05, 3.63) is 21.1 Å². The average molecular weight is 366 g/mol. The number of halogens is 2. The predicted molar refractivity (Wildman–Crippen MR) is 73.8 cm³/mol. The lowest BCUT2D eigenvalue weighted by Crippen LogP contribution is -2.26. The molecule has 3 rings (SSSR count). The molecule has 2 atom stereocenters. The Morgan fingerprint density at radius 3 is 1.80 bits per heavy atom. The third kappa shape index (κ3) is 3.13. The van der Waals surface area contributed by atoms with E-state index in [0.717, 1.165) is 4.47 Å². The van der Waals surface area contributed by atoms with E-state index < -0.39 is 0 Å². The van der Waals surface area contributed by atoms with Crippen LogP contribution in [0.2, 0.25) is 5.28 Å². The van der Waals surface area contributed by atoms with Gasteiger partial charge < -0.3 is 18.9 Å². The van der Waals surface area contributed by atoms with Crippen molar-refractivity contribution in [3.8, 4) is 0 Å². The first-order chi connectivity index (χ1) is 9.75. The topological polar surface area (TPSA) is 62.7 Å². The van der Waals surface area contributed by atoms with Crippen molar-refractivity contribution < 1.29 is 18.9 Å². The number of ether oxygens (including phenoxy) is 4. The molecule has 3 heterocycles. The van der Waals surface area contributed by atoms with Crippen molar-refractivity contribution in [2.75, 3.05) is 39.6 Å². The Bertz CT molecular complexity index is 440. The van der Waals surface area contributed by atoms with Crippen LogP contribution in [0.15, 0.2) is 4.47 Å². The minimum Gasteiger partial charge on any atom is -0.376 e. The second kappa shape index (κ2) is 6.64. The third-order valence-electron chi connectivity index (χ3n) is 3.12. The van der Waals surface area contributed by atoms with Gasteiger partial charge in [-0.1, -0.05) is 0 Å². The van der Waals surface area contributed by atoms with Gasteiger partial charge in [0.25, 0.3) is 0 Å². The Hall–Kier alpha value is -0.310. The summed E-state index contributed by atoms with van der Waals surface area (Å²) in [5.41, 5.74) is 1.38. The highest BCUT2D eigenvalue weighted by Crippen LogP contribution is 2.34. The van der Waals surface area contributed by atoms with E-state index in [4.69, 9.17) is 30.5 Å². The molecule has 2 unspecified atom stereocenters. The van der Waals surface area contributed by atoms with Crippen LogP contribution in [0, 0.1) is 0 Å². The molecule has 0 N–H and O–H groups in total. The zero-order valence-corrected chi connectivity index (χ0v) is 13.0. The minimum atomic E-state index is -0.248. The lowest BCUT2D eigenvalue weighted by Gasteiger charge is -2.27. The van der Waals surface area contributed by atoms with E-state index in [2.05, 4.69) is 25.9 Å². The second-order valence-electron chi connectivity index (χ2n) is 4.45. The third-order valence-corrected chi connectivity index (χ3v) is 4.10. The summed E-state index contributed by atoms with van der Waals surface area (Å²) < 4.78 is 22.9. The number of rotatable bonds is 2. The summed E-state index contributed by atoms with van der Waals surface area (Å²) in [6, 6.07) is 0. The predicted octanol–water partition coefficient (Wildman–Crippen LogP) is 2.07. The highest BCUT2D eigenvalue weighted by Gasteiger charge is 2.28. The van der Waals surface area contributed by atoms with E-state index in [0.29, 0.717) is 51.0 Å². The van der Waals surface area contributed by atoms with Gasteiger partial charge in [0.05, 0.1) is 55.5 Å². The SMILES string of the molecule is Clc1nc(C2COCCO2)c(Br)c(C2COCCO2)n1. The molecular formula is C12H14BrClN2O4. The zero-order valence-electron chi connectivity index (χ0n) is 10.7. The summed E-state index contributed by atoms with van der Waals surface area (Å²) in [5, 5.41) is 0.168. The maximum absolute atomic E-state index is 6.02. The molecule has 0 aliphatic carbocycles. The normalized spacial score (nSPS) is 27.5. The molecular weight excluding hydrogens is 351 g/mol. The van der Waals surface area contributed by atoms with Gasteiger partial charge in [-0.2, -0.15) is 0 Å². The zero-order chi connectivity index (χ0) is 13.9. The van der Waals surface area contributed by atoms with Crippen molar-refractivity contribution in [2.24, 2.45) is 0 Å². The molecule has 1 aromatic heterocycles. The second-order valence-corrected chi connectivity index (χ2v) is 5.58. The molecule has 1 aromatic rings. The smallest absolute Gasteiger partial charge is 0.223 e. The first kappa shape index (κ1) is 14.6. The van der Waals surface area contributed by atoms with Gasteiger partial charge in [-0.05, 0) is 27.5 Å². The molecule has 2 aliphatic heterocycles. The largest absolute Gasteiger partial charge is 0.376 e. The van der Waals surface area contributed by atoms with Crippen LogP contribution in [0.25, 0.3) is 0 Å².